The predicted molar refractivity (Wildman–Crippen MR) is 98.6 cm³/mol. The molecule has 0 amide bonds. The van der Waals surface area contributed by atoms with Gasteiger partial charge in [0.1, 0.15) is 0 Å². The van der Waals surface area contributed by atoms with Crippen LogP contribution in [0.15, 0.2) is 35.1 Å². The number of ketones is 1. The first-order valence-corrected chi connectivity index (χ1v) is 9.79. The van der Waals surface area contributed by atoms with Gasteiger partial charge in [0.2, 0.25) is 0 Å². The van der Waals surface area contributed by atoms with Gasteiger partial charge in [0.15, 0.2) is 23.5 Å². The van der Waals surface area contributed by atoms with Crippen LogP contribution in [0.2, 0.25) is 0 Å². The lowest BCUT2D eigenvalue weighted by Crippen LogP contribution is -2.66. The largest absolute Gasteiger partial charge is 0.505 e. The van der Waals surface area contributed by atoms with Gasteiger partial charge in [0.05, 0.1) is 6.10 Å². The van der Waals surface area contributed by atoms with Gasteiger partial charge in [-0.2, -0.15) is 0 Å². The van der Waals surface area contributed by atoms with E-state index in [-0.39, 0.29) is 29.8 Å². The molecule has 4 aliphatic rings. The summed E-state index contributed by atoms with van der Waals surface area (Å²) in [6.45, 7) is 5.70. The molecule has 0 aromatic heterocycles. The van der Waals surface area contributed by atoms with Gasteiger partial charge in [-0.25, -0.2) is 4.39 Å². The van der Waals surface area contributed by atoms with E-state index >= 15 is 4.39 Å². The van der Waals surface area contributed by atoms with Crippen LogP contribution >= 0.6 is 0 Å². The first-order valence-electron chi connectivity index (χ1n) is 9.79. The lowest BCUT2D eigenvalue weighted by atomic mass is 9.45. The molecule has 0 radical (unpaired) electrons. The fourth-order valence-electron chi connectivity index (χ4n) is 6.97. The third-order valence-corrected chi connectivity index (χ3v) is 8.13. The van der Waals surface area contributed by atoms with E-state index in [1.54, 1.807) is 13.0 Å². The van der Waals surface area contributed by atoms with E-state index in [4.69, 9.17) is 0 Å². The Hall–Kier alpha value is -1.75. The van der Waals surface area contributed by atoms with Gasteiger partial charge < -0.3 is 10.2 Å². The Kier molecular flexibility index (Phi) is 3.88. The lowest BCUT2D eigenvalue weighted by Gasteiger charge is -2.61. The van der Waals surface area contributed by atoms with Crippen LogP contribution in [0.1, 0.15) is 46.5 Å². The van der Waals surface area contributed by atoms with Crippen molar-refractivity contribution in [3.8, 4) is 0 Å². The third kappa shape index (κ3) is 2.12. The first kappa shape index (κ1) is 18.6. The number of aliphatic hydroxyl groups excluding tert-OH is 2. The van der Waals surface area contributed by atoms with Crippen molar-refractivity contribution in [3.05, 3.63) is 35.1 Å². The van der Waals surface area contributed by atoms with Gasteiger partial charge in [0, 0.05) is 11.3 Å². The van der Waals surface area contributed by atoms with Crippen molar-refractivity contribution in [2.24, 2.45) is 28.6 Å². The molecule has 4 rings (SSSR count). The molecule has 5 heteroatoms. The summed E-state index contributed by atoms with van der Waals surface area (Å²) in [6.07, 6.45) is 5.82. The van der Waals surface area contributed by atoms with Crippen LogP contribution in [0.3, 0.4) is 0 Å². The fourth-order valence-corrected chi connectivity index (χ4v) is 6.97. The number of fused-ring (bicyclic) bond motifs is 5. The van der Waals surface area contributed by atoms with Gasteiger partial charge in [-0.15, -0.1) is 0 Å². The highest BCUT2D eigenvalue weighted by Crippen LogP contribution is 2.69. The maximum Gasteiger partial charge on any atom is 0.184 e. The molecular weight excluding hydrogens is 347 g/mol. The minimum absolute atomic E-state index is 0.0343. The van der Waals surface area contributed by atoms with Crippen LogP contribution in [0.25, 0.3) is 0 Å². The molecule has 0 aliphatic heterocycles. The van der Waals surface area contributed by atoms with Crippen LogP contribution < -0.4 is 0 Å². The predicted octanol–water partition coefficient (Wildman–Crippen LogP) is 3.61. The molecule has 0 aromatic rings. The number of rotatable bonds is 1. The molecule has 27 heavy (non-hydrogen) atoms. The zero-order valence-corrected chi connectivity index (χ0v) is 16.0. The maximum absolute atomic E-state index is 16.8. The zero-order valence-electron chi connectivity index (χ0n) is 16.0. The Morgan fingerprint density at radius 3 is 2.70 bits per heavy atom. The average molecular weight is 374 g/mol. The summed E-state index contributed by atoms with van der Waals surface area (Å²) in [5.41, 5.74) is -2.06. The number of aliphatic hydroxyl groups is 2. The van der Waals surface area contributed by atoms with Crippen LogP contribution in [-0.2, 0) is 9.59 Å². The van der Waals surface area contributed by atoms with Crippen molar-refractivity contribution < 1.29 is 24.2 Å². The van der Waals surface area contributed by atoms with Crippen LogP contribution in [-0.4, -0.2) is 34.1 Å². The van der Waals surface area contributed by atoms with E-state index in [2.05, 4.69) is 0 Å². The Morgan fingerprint density at radius 1 is 1.33 bits per heavy atom. The molecule has 3 saturated carbocycles. The number of aldehydes is 1. The number of allylic oxidation sites excluding steroid dienone is 6. The molecule has 0 heterocycles. The lowest BCUT2D eigenvalue weighted by molar-refractivity contribution is -0.184. The molecule has 0 saturated heterocycles. The molecule has 4 aliphatic carbocycles. The zero-order chi connectivity index (χ0) is 19.8. The number of carbonyl (C=O) groups is 2. The highest BCUT2D eigenvalue weighted by atomic mass is 19.1. The van der Waals surface area contributed by atoms with Crippen LogP contribution in [0, 0.1) is 28.6 Å². The molecule has 2 N–H and O–H groups in total. The van der Waals surface area contributed by atoms with Crippen molar-refractivity contribution >= 4 is 12.1 Å². The van der Waals surface area contributed by atoms with E-state index < -0.39 is 28.5 Å². The Bertz CT molecular complexity index is 811. The van der Waals surface area contributed by atoms with Gasteiger partial charge in [0.25, 0.3) is 0 Å². The van der Waals surface area contributed by atoms with Crippen LogP contribution in [0.5, 0.6) is 0 Å². The second-order valence-electron chi connectivity index (χ2n) is 9.32. The average Bonchev–Trinajstić information content (AvgIpc) is 2.86. The first-order chi connectivity index (χ1) is 12.6. The Labute approximate surface area is 158 Å². The second-order valence-corrected chi connectivity index (χ2v) is 9.32. The van der Waals surface area contributed by atoms with Crippen molar-refractivity contribution in [1.82, 2.24) is 0 Å². The molecule has 0 spiro atoms. The molecule has 0 aromatic carbocycles. The summed E-state index contributed by atoms with van der Waals surface area (Å²) in [6, 6.07) is 0. The molecule has 7 atom stereocenters. The molecule has 0 bridgehead atoms. The van der Waals surface area contributed by atoms with Crippen molar-refractivity contribution in [2.45, 2.75) is 58.2 Å². The van der Waals surface area contributed by atoms with Crippen molar-refractivity contribution in [1.29, 1.82) is 0 Å². The molecule has 7 unspecified atom stereocenters. The quantitative estimate of drug-likeness (QED) is 0.418. The standard InChI is InChI=1S/C22H27FO4/c1-12-8-16-15-5-4-13-9-14(25)6-7-21(13,3)22(15,23)18(27)10-20(16,2)19(12)17(26)11-24/h6-7,9,11-12,15-16,18,26-27H,4-5,8,10H2,1-3H3. The maximum atomic E-state index is 16.8. The Morgan fingerprint density at radius 2 is 2.04 bits per heavy atom. The summed E-state index contributed by atoms with van der Waals surface area (Å²) >= 11 is 0. The number of carbonyl (C=O) groups excluding carboxylic acids is 2. The van der Waals surface area contributed by atoms with Crippen LogP contribution in [0.4, 0.5) is 4.39 Å². The number of hydrogen-bond donors (Lipinski definition) is 2. The van der Waals surface area contributed by atoms with Crippen molar-refractivity contribution in [3.63, 3.8) is 0 Å². The highest BCUT2D eigenvalue weighted by Gasteiger charge is 2.70. The topological polar surface area (TPSA) is 74.6 Å². The van der Waals surface area contributed by atoms with Gasteiger partial charge in [-0.05, 0) is 67.6 Å². The minimum atomic E-state index is -1.87. The SMILES string of the molecule is CC1CC2C3CCC4=CC(=O)C=CC4(C)C3(F)C(O)CC2(C)C1=C(O)C=O. The summed E-state index contributed by atoms with van der Waals surface area (Å²) in [7, 11) is 0. The van der Waals surface area contributed by atoms with E-state index in [0.717, 1.165) is 5.57 Å². The molecule has 4 nitrogen and oxygen atoms in total. The summed E-state index contributed by atoms with van der Waals surface area (Å²) in [5.74, 6) is -0.895. The van der Waals surface area contributed by atoms with E-state index in [0.29, 0.717) is 31.1 Å². The van der Waals surface area contributed by atoms with Crippen molar-refractivity contribution in [2.75, 3.05) is 0 Å². The van der Waals surface area contributed by atoms with Gasteiger partial charge >= 0.3 is 0 Å². The number of halogens is 1. The monoisotopic (exact) mass is 374 g/mol. The minimum Gasteiger partial charge on any atom is -0.505 e. The number of alkyl halides is 1. The third-order valence-electron chi connectivity index (χ3n) is 8.13. The van der Waals surface area contributed by atoms with E-state index in [9.17, 15) is 19.8 Å². The van der Waals surface area contributed by atoms with E-state index in [1.165, 1.54) is 12.2 Å². The summed E-state index contributed by atoms with van der Waals surface area (Å²) in [5, 5.41) is 21.3. The highest BCUT2D eigenvalue weighted by molar-refractivity contribution is 6.01. The molecule has 3 fully saturated rings. The summed E-state index contributed by atoms with van der Waals surface area (Å²) < 4.78 is 16.8. The second kappa shape index (κ2) is 5.63. The summed E-state index contributed by atoms with van der Waals surface area (Å²) in [4.78, 5) is 23.1. The Balaban J connectivity index is 1.85. The smallest absolute Gasteiger partial charge is 0.184 e. The molecular formula is C22H27FO4. The van der Waals surface area contributed by atoms with Gasteiger partial charge in [-0.1, -0.05) is 25.5 Å². The van der Waals surface area contributed by atoms with Gasteiger partial charge in [-0.3, -0.25) is 9.59 Å². The normalized spacial score (nSPS) is 50.4. The molecule has 146 valence electrons. The van der Waals surface area contributed by atoms with E-state index in [1.807, 2.05) is 13.8 Å². The number of hydrogen-bond acceptors (Lipinski definition) is 4. The fraction of sp³-hybridized carbons (Fsp3) is 0.636.